The molecule has 1 aromatic rings. The highest BCUT2D eigenvalue weighted by Crippen LogP contribution is 2.19. The molecule has 4 nitrogen and oxygen atoms in total. The molecule has 0 radical (unpaired) electrons. The van der Waals surface area contributed by atoms with E-state index in [2.05, 4.69) is 5.16 Å². The minimum atomic E-state index is -4.21. The van der Waals surface area contributed by atoms with E-state index in [1.165, 1.54) is 0 Å². The van der Waals surface area contributed by atoms with Crippen LogP contribution in [0.1, 0.15) is 17.5 Å². The van der Waals surface area contributed by atoms with Crippen LogP contribution in [0.25, 0.3) is 0 Å². The van der Waals surface area contributed by atoms with Crippen LogP contribution in [-0.4, -0.2) is 23.8 Å². The highest BCUT2D eigenvalue weighted by Gasteiger charge is 2.26. The fourth-order valence-corrected chi connectivity index (χ4v) is 1.26. The lowest BCUT2D eigenvalue weighted by Crippen LogP contribution is -2.13. The first kappa shape index (κ1) is 14.3. The predicted octanol–water partition coefficient (Wildman–Crippen LogP) is 2.25. The Morgan fingerprint density at radius 1 is 1.39 bits per heavy atom. The van der Waals surface area contributed by atoms with Crippen molar-refractivity contribution in [3.63, 3.8) is 0 Å². The predicted molar refractivity (Wildman–Crippen MR) is 59.3 cm³/mol. The molecule has 3 N–H and O–H groups in total. The molecule has 100 valence electrons. The van der Waals surface area contributed by atoms with E-state index in [0.29, 0.717) is 11.1 Å². The molecule has 0 aliphatic heterocycles. The SMILES string of the molecule is N/C(=N/O)c1cccc(COCCC(F)(F)F)c1. The third kappa shape index (κ3) is 5.05. The van der Waals surface area contributed by atoms with Crippen LogP contribution in [-0.2, 0) is 11.3 Å². The topological polar surface area (TPSA) is 67.8 Å². The standard InChI is InChI=1S/C11H13F3N2O2/c12-11(13,14)4-5-18-7-8-2-1-3-9(6-8)10(15)16-17/h1-3,6,17H,4-5,7H2,(H2,15,16). The van der Waals surface area contributed by atoms with Gasteiger partial charge in [-0.3, -0.25) is 0 Å². The van der Waals surface area contributed by atoms with Gasteiger partial charge in [-0.1, -0.05) is 23.4 Å². The number of oxime groups is 1. The summed E-state index contributed by atoms with van der Waals surface area (Å²) in [4.78, 5) is 0. The lowest BCUT2D eigenvalue weighted by molar-refractivity contribution is -0.146. The van der Waals surface area contributed by atoms with Crippen molar-refractivity contribution < 1.29 is 23.1 Å². The van der Waals surface area contributed by atoms with E-state index in [0.717, 1.165) is 0 Å². The number of hydrogen-bond donors (Lipinski definition) is 2. The van der Waals surface area contributed by atoms with Crippen LogP contribution in [0.5, 0.6) is 0 Å². The molecule has 0 saturated carbocycles. The number of nitrogens with zero attached hydrogens (tertiary/aromatic N) is 1. The number of ether oxygens (including phenoxy) is 1. The molecule has 1 rings (SSSR count). The number of benzene rings is 1. The summed E-state index contributed by atoms with van der Waals surface area (Å²) >= 11 is 0. The van der Waals surface area contributed by atoms with E-state index in [1.54, 1.807) is 24.3 Å². The van der Waals surface area contributed by atoms with Gasteiger partial charge in [0.2, 0.25) is 0 Å². The van der Waals surface area contributed by atoms with Crippen molar-refractivity contribution in [1.29, 1.82) is 0 Å². The third-order valence-corrected chi connectivity index (χ3v) is 2.13. The summed E-state index contributed by atoms with van der Waals surface area (Å²) in [6, 6.07) is 6.54. The lowest BCUT2D eigenvalue weighted by atomic mass is 10.1. The van der Waals surface area contributed by atoms with Gasteiger partial charge in [-0.15, -0.1) is 0 Å². The zero-order valence-corrected chi connectivity index (χ0v) is 9.44. The van der Waals surface area contributed by atoms with Crippen molar-refractivity contribution in [3.8, 4) is 0 Å². The molecule has 1 aromatic carbocycles. The van der Waals surface area contributed by atoms with E-state index in [4.69, 9.17) is 15.7 Å². The van der Waals surface area contributed by atoms with Crippen molar-refractivity contribution in [2.45, 2.75) is 19.2 Å². The average Bonchev–Trinajstić information content (AvgIpc) is 2.33. The Kier molecular flexibility index (Phi) is 4.96. The van der Waals surface area contributed by atoms with Gasteiger partial charge < -0.3 is 15.7 Å². The van der Waals surface area contributed by atoms with Crippen LogP contribution in [0.15, 0.2) is 29.4 Å². The number of halogens is 3. The Morgan fingerprint density at radius 2 is 2.11 bits per heavy atom. The molecule has 0 aliphatic rings. The Morgan fingerprint density at radius 3 is 2.72 bits per heavy atom. The Bertz CT molecular complexity index is 419. The fourth-order valence-electron chi connectivity index (χ4n) is 1.26. The van der Waals surface area contributed by atoms with Crippen LogP contribution in [0.4, 0.5) is 13.2 Å². The lowest BCUT2D eigenvalue weighted by Gasteiger charge is -2.08. The average molecular weight is 262 g/mol. The number of amidine groups is 1. The molecule has 0 fully saturated rings. The maximum Gasteiger partial charge on any atom is 0.391 e. The quantitative estimate of drug-likeness (QED) is 0.281. The van der Waals surface area contributed by atoms with E-state index in [9.17, 15) is 13.2 Å². The number of rotatable bonds is 5. The molecule has 0 aromatic heterocycles. The van der Waals surface area contributed by atoms with Gasteiger partial charge in [0.05, 0.1) is 19.6 Å². The van der Waals surface area contributed by atoms with Crippen molar-refractivity contribution in [1.82, 2.24) is 0 Å². The maximum atomic E-state index is 11.9. The normalized spacial score (nSPS) is 12.7. The Balaban J connectivity index is 2.48. The molecule has 0 saturated heterocycles. The van der Waals surface area contributed by atoms with Gasteiger partial charge in [0, 0.05) is 5.56 Å². The van der Waals surface area contributed by atoms with Crippen molar-refractivity contribution >= 4 is 5.84 Å². The Labute approximate surface area is 102 Å². The molecule has 18 heavy (non-hydrogen) atoms. The van der Waals surface area contributed by atoms with Crippen LogP contribution < -0.4 is 5.73 Å². The number of hydrogen-bond acceptors (Lipinski definition) is 3. The minimum absolute atomic E-state index is 0.0443. The number of alkyl halides is 3. The molecule has 0 heterocycles. The van der Waals surface area contributed by atoms with E-state index < -0.39 is 19.2 Å². The van der Waals surface area contributed by atoms with Crippen molar-refractivity contribution in [2.75, 3.05) is 6.61 Å². The van der Waals surface area contributed by atoms with Crippen LogP contribution >= 0.6 is 0 Å². The smallest absolute Gasteiger partial charge is 0.391 e. The summed E-state index contributed by atoms with van der Waals surface area (Å²) in [6.07, 6.45) is -5.19. The summed E-state index contributed by atoms with van der Waals surface area (Å²) < 4.78 is 40.5. The van der Waals surface area contributed by atoms with Gasteiger partial charge in [0.1, 0.15) is 0 Å². The zero-order valence-electron chi connectivity index (χ0n) is 9.44. The molecular weight excluding hydrogens is 249 g/mol. The molecule has 0 bridgehead atoms. The van der Waals surface area contributed by atoms with Gasteiger partial charge in [-0.25, -0.2) is 0 Å². The molecular formula is C11H13F3N2O2. The van der Waals surface area contributed by atoms with Crippen LogP contribution in [0.2, 0.25) is 0 Å². The first-order valence-electron chi connectivity index (χ1n) is 5.14. The first-order chi connectivity index (χ1) is 8.42. The van der Waals surface area contributed by atoms with E-state index in [-0.39, 0.29) is 12.4 Å². The van der Waals surface area contributed by atoms with Gasteiger partial charge in [0.25, 0.3) is 0 Å². The van der Waals surface area contributed by atoms with Crippen molar-refractivity contribution in [3.05, 3.63) is 35.4 Å². The molecule has 0 aliphatic carbocycles. The Hall–Kier alpha value is -1.76. The third-order valence-electron chi connectivity index (χ3n) is 2.13. The largest absolute Gasteiger partial charge is 0.409 e. The highest BCUT2D eigenvalue weighted by molar-refractivity contribution is 5.97. The maximum absolute atomic E-state index is 11.9. The van der Waals surface area contributed by atoms with Gasteiger partial charge >= 0.3 is 6.18 Å². The second-order valence-corrected chi connectivity index (χ2v) is 3.60. The summed E-state index contributed by atoms with van der Waals surface area (Å²) in [7, 11) is 0. The summed E-state index contributed by atoms with van der Waals surface area (Å²) in [5, 5.41) is 11.3. The summed E-state index contributed by atoms with van der Waals surface area (Å²) in [5.74, 6) is -0.0628. The van der Waals surface area contributed by atoms with E-state index in [1.807, 2.05) is 0 Å². The van der Waals surface area contributed by atoms with Gasteiger partial charge in [0.15, 0.2) is 5.84 Å². The van der Waals surface area contributed by atoms with Crippen LogP contribution in [0.3, 0.4) is 0 Å². The van der Waals surface area contributed by atoms with E-state index >= 15 is 0 Å². The second kappa shape index (κ2) is 6.25. The molecule has 0 atom stereocenters. The first-order valence-corrected chi connectivity index (χ1v) is 5.14. The fraction of sp³-hybridized carbons (Fsp3) is 0.364. The number of nitrogens with two attached hydrogens (primary N) is 1. The molecule has 0 unspecified atom stereocenters. The highest BCUT2D eigenvalue weighted by atomic mass is 19.4. The van der Waals surface area contributed by atoms with Crippen molar-refractivity contribution in [2.24, 2.45) is 10.9 Å². The van der Waals surface area contributed by atoms with Crippen LogP contribution in [0, 0.1) is 0 Å². The molecule has 0 amide bonds. The monoisotopic (exact) mass is 262 g/mol. The summed E-state index contributed by atoms with van der Waals surface area (Å²) in [5.41, 5.74) is 6.52. The summed E-state index contributed by atoms with van der Waals surface area (Å²) in [6.45, 7) is -0.347. The zero-order chi connectivity index (χ0) is 13.6. The second-order valence-electron chi connectivity index (χ2n) is 3.60. The molecule has 7 heteroatoms. The molecule has 0 spiro atoms. The minimum Gasteiger partial charge on any atom is -0.409 e. The van der Waals surface area contributed by atoms with Gasteiger partial charge in [-0.2, -0.15) is 13.2 Å². The van der Waals surface area contributed by atoms with Gasteiger partial charge in [-0.05, 0) is 11.6 Å².